The normalized spacial score (nSPS) is 15.7. The van der Waals surface area contributed by atoms with Crippen molar-refractivity contribution in [1.82, 2.24) is 0 Å². The fourth-order valence-corrected chi connectivity index (χ4v) is 3.84. The lowest BCUT2D eigenvalue weighted by molar-refractivity contribution is 0.255. The van der Waals surface area contributed by atoms with E-state index >= 15 is 0 Å². The van der Waals surface area contributed by atoms with Crippen LogP contribution < -0.4 is 10.2 Å². The Hall–Kier alpha value is -1.65. The molecule has 5 heteroatoms. The predicted molar refractivity (Wildman–Crippen MR) is 89.3 cm³/mol. The van der Waals surface area contributed by atoms with Gasteiger partial charge in [0.15, 0.2) is 0 Å². The number of nitrogens with zero attached hydrogens (tertiary/aromatic N) is 1. The Balaban J connectivity index is 1.90. The predicted octanol–water partition coefficient (Wildman–Crippen LogP) is 5.22. The van der Waals surface area contributed by atoms with Gasteiger partial charge in [0, 0.05) is 15.6 Å². The molecule has 0 atom stereocenters. The molecular formula is C16H15ClN2OS. The topological polar surface area (TPSA) is 32.3 Å². The van der Waals surface area contributed by atoms with Crippen LogP contribution in [0, 0.1) is 0 Å². The number of amides is 2. The number of rotatable bonds is 1. The van der Waals surface area contributed by atoms with Gasteiger partial charge < -0.3 is 5.32 Å². The van der Waals surface area contributed by atoms with E-state index in [1.807, 2.05) is 50.2 Å². The highest BCUT2D eigenvalue weighted by atomic mass is 35.5. The second kappa shape index (κ2) is 5.28. The number of nitrogens with one attached hydrogen (secondary N) is 1. The minimum absolute atomic E-state index is 0.153. The Morgan fingerprint density at radius 3 is 2.71 bits per heavy atom. The highest BCUT2D eigenvalue weighted by Crippen LogP contribution is 2.49. The van der Waals surface area contributed by atoms with Crippen LogP contribution in [0.2, 0.25) is 5.02 Å². The second-order valence-corrected chi connectivity index (χ2v) is 7.37. The minimum Gasteiger partial charge on any atom is -0.307 e. The molecule has 108 valence electrons. The molecule has 1 aliphatic heterocycles. The molecule has 3 rings (SSSR count). The number of urea groups is 1. The van der Waals surface area contributed by atoms with Crippen LogP contribution in [0.1, 0.15) is 13.8 Å². The summed E-state index contributed by atoms with van der Waals surface area (Å²) in [6.07, 6.45) is 0. The third-order valence-corrected chi connectivity index (χ3v) is 4.77. The summed E-state index contributed by atoms with van der Waals surface area (Å²) in [5.74, 6) is 0. The highest BCUT2D eigenvalue weighted by molar-refractivity contribution is 8.01. The van der Waals surface area contributed by atoms with Crippen LogP contribution in [0.25, 0.3) is 0 Å². The number of anilines is 2. The Morgan fingerprint density at radius 2 is 1.95 bits per heavy atom. The maximum absolute atomic E-state index is 12.7. The van der Waals surface area contributed by atoms with Gasteiger partial charge in [0.2, 0.25) is 0 Å². The van der Waals surface area contributed by atoms with Gasteiger partial charge in [-0.15, -0.1) is 0 Å². The van der Waals surface area contributed by atoms with Crippen molar-refractivity contribution >= 4 is 40.8 Å². The fraction of sp³-hybridized carbons (Fsp3) is 0.188. The molecule has 1 N–H and O–H groups in total. The molecule has 2 aromatic rings. The number of para-hydroxylation sites is 1. The van der Waals surface area contributed by atoms with Crippen molar-refractivity contribution < 1.29 is 4.79 Å². The molecule has 0 bridgehead atoms. The monoisotopic (exact) mass is 318 g/mol. The van der Waals surface area contributed by atoms with Gasteiger partial charge in [0.25, 0.3) is 0 Å². The summed E-state index contributed by atoms with van der Waals surface area (Å²) in [6.45, 7) is 4.07. The van der Waals surface area contributed by atoms with Crippen molar-refractivity contribution in [2.75, 3.05) is 10.2 Å². The Bertz CT molecular complexity index is 702. The molecule has 1 aliphatic rings. The van der Waals surface area contributed by atoms with Crippen LogP contribution in [0.15, 0.2) is 53.4 Å². The van der Waals surface area contributed by atoms with E-state index in [1.54, 1.807) is 28.8 Å². The van der Waals surface area contributed by atoms with Gasteiger partial charge in [-0.1, -0.05) is 41.6 Å². The first-order valence-electron chi connectivity index (χ1n) is 6.62. The molecule has 0 saturated heterocycles. The third kappa shape index (κ3) is 2.74. The Kier molecular flexibility index (Phi) is 3.59. The summed E-state index contributed by atoms with van der Waals surface area (Å²) >= 11 is 7.64. The zero-order chi connectivity index (χ0) is 15.0. The molecule has 0 fully saturated rings. The number of halogens is 1. The number of carbonyl (C=O) groups is 1. The number of thioether (sulfide) groups is 1. The molecule has 2 amide bonds. The number of carbonyl (C=O) groups excluding carboxylic acids is 1. The number of hydrogen-bond acceptors (Lipinski definition) is 2. The SMILES string of the molecule is CC1(C)Sc2ccccc2N1C(=O)Nc1cccc(Cl)c1. The molecular weight excluding hydrogens is 304 g/mol. The summed E-state index contributed by atoms with van der Waals surface area (Å²) in [6, 6.07) is 14.9. The molecule has 0 unspecified atom stereocenters. The lowest BCUT2D eigenvalue weighted by Crippen LogP contribution is -2.45. The zero-order valence-electron chi connectivity index (χ0n) is 11.8. The van der Waals surface area contributed by atoms with Crippen molar-refractivity contribution in [3.8, 4) is 0 Å². The van der Waals surface area contributed by atoms with Gasteiger partial charge in [-0.25, -0.2) is 4.79 Å². The third-order valence-electron chi connectivity index (χ3n) is 3.28. The molecule has 0 radical (unpaired) electrons. The van der Waals surface area contributed by atoms with Gasteiger partial charge >= 0.3 is 6.03 Å². The van der Waals surface area contributed by atoms with Crippen LogP contribution in [-0.2, 0) is 0 Å². The van der Waals surface area contributed by atoms with E-state index in [9.17, 15) is 4.79 Å². The van der Waals surface area contributed by atoms with E-state index in [-0.39, 0.29) is 10.9 Å². The fourth-order valence-electron chi connectivity index (χ4n) is 2.43. The zero-order valence-corrected chi connectivity index (χ0v) is 13.3. The van der Waals surface area contributed by atoms with Crippen LogP contribution in [0.4, 0.5) is 16.2 Å². The first-order chi connectivity index (χ1) is 9.97. The second-order valence-electron chi connectivity index (χ2n) is 5.29. The number of fused-ring (bicyclic) bond motifs is 1. The molecule has 0 aromatic heterocycles. The van der Waals surface area contributed by atoms with Crippen LogP contribution >= 0.6 is 23.4 Å². The summed E-state index contributed by atoms with van der Waals surface area (Å²) < 4.78 is 0. The van der Waals surface area contributed by atoms with E-state index in [0.717, 1.165) is 10.6 Å². The van der Waals surface area contributed by atoms with E-state index in [2.05, 4.69) is 5.32 Å². The smallest absolute Gasteiger partial charge is 0.307 e. The van der Waals surface area contributed by atoms with Crippen molar-refractivity contribution in [3.05, 3.63) is 53.6 Å². The molecule has 1 heterocycles. The lowest BCUT2D eigenvalue weighted by Gasteiger charge is -2.31. The number of benzene rings is 2. The first kappa shape index (κ1) is 14.3. The van der Waals surface area contributed by atoms with E-state index in [0.29, 0.717) is 10.7 Å². The standard InChI is InChI=1S/C16H15ClN2OS/c1-16(2)19(13-8-3-4-9-14(13)21-16)15(20)18-12-7-5-6-11(17)10-12/h3-10H,1-2H3,(H,18,20). The van der Waals surface area contributed by atoms with Crippen molar-refractivity contribution in [1.29, 1.82) is 0 Å². The quantitative estimate of drug-likeness (QED) is 0.781. The molecule has 0 aliphatic carbocycles. The molecule has 3 nitrogen and oxygen atoms in total. The minimum atomic E-state index is -0.327. The van der Waals surface area contributed by atoms with Crippen molar-refractivity contribution in [2.45, 2.75) is 23.6 Å². The van der Waals surface area contributed by atoms with Gasteiger partial charge in [-0.3, -0.25) is 4.90 Å². The largest absolute Gasteiger partial charge is 0.327 e. The molecule has 0 saturated carbocycles. The lowest BCUT2D eigenvalue weighted by atomic mass is 10.2. The highest BCUT2D eigenvalue weighted by Gasteiger charge is 2.40. The van der Waals surface area contributed by atoms with Gasteiger partial charge in [-0.05, 0) is 44.2 Å². The maximum atomic E-state index is 12.7. The van der Waals surface area contributed by atoms with E-state index in [4.69, 9.17) is 11.6 Å². The molecule has 21 heavy (non-hydrogen) atoms. The summed E-state index contributed by atoms with van der Waals surface area (Å²) in [5.41, 5.74) is 1.63. The van der Waals surface area contributed by atoms with E-state index < -0.39 is 0 Å². The Morgan fingerprint density at radius 1 is 1.19 bits per heavy atom. The van der Waals surface area contributed by atoms with Crippen LogP contribution in [-0.4, -0.2) is 10.9 Å². The van der Waals surface area contributed by atoms with Crippen LogP contribution in [0.3, 0.4) is 0 Å². The molecule has 0 spiro atoms. The number of hydrogen-bond donors (Lipinski definition) is 1. The van der Waals surface area contributed by atoms with Gasteiger partial charge in [-0.2, -0.15) is 0 Å². The van der Waals surface area contributed by atoms with Crippen molar-refractivity contribution in [2.24, 2.45) is 0 Å². The Labute approximate surface area is 133 Å². The van der Waals surface area contributed by atoms with Gasteiger partial charge in [0.05, 0.1) is 10.6 Å². The first-order valence-corrected chi connectivity index (χ1v) is 7.82. The van der Waals surface area contributed by atoms with E-state index in [1.165, 1.54) is 0 Å². The average Bonchev–Trinajstić information content (AvgIpc) is 2.68. The average molecular weight is 319 g/mol. The summed E-state index contributed by atoms with van der Waals surface area (Å²) in [4.78, 5) is 15.2. The van der Waals surface area contributed by atoms with Crippen molar-refractivity contribution in [3.63, 3.8) is 0 Å². The maximum Gasteiger partial charge on any atom is 0.327 e. The summed E-state index contributed by atoms with van der Waals surface area (Å²) in [7, 11) is 0. The molecule has 2 aromatic carbocycles. The summed E-state index contributed by atoms with van der Waals surface area (Å²) in [5, 5.41) is 3.51. The van der Waals surface area contributed by atoms with Gasteiger partial charge in [0.1, 0.15) is 0 Å². The van der Waals surface area contributed by atoms with Crippen LogP contribution in [0.5, 0.6) is 0 Å².